The minimum atomic E-state index is -1.77. The molecule has 0 unspecified atom stereocenters. The second-order valence-electron chi connectivity index (χ2n) is 1.59. The summed E-state index contributed by atoms with van der Waals surface area (Å²) < 4.78 is 0. The Morgan fingerprint density at radius 1 is 1.56 bits per heavy atom. The van der Waals surface area contributed by atoms with Crippen LogP contribution in [0.2, 0.25) is 0 Å². The van der Waals surface area contributed by atoms with Crippen molar-refractivity contribution in [3.05, 3.63) is 0 Å². The molecule has 5 heteroatoms. The minimum Gasteiger partial charge on any atom is -0.479 e. The smallest absolute Gasteiger partial charge is 0.335 e. The van der Waals surface area contributed by atoms with E-state index in [-0.39, 0.29) is 6.54 Å². The molecule has 54 valence electrons. The first-order valence-electron chi connectivity index (χ1n) is 2.38. The number of nitrogens with two attached hydrogens (primary N) is 1. The fraction of sp³-hybridized carbons (Fsp3) is 0.750. The molecule has 0 saturated heterocycles. The SMILES string of the molecule is NC[C@H](O)[C@@H](O)C(=O)O. The van der Waals surface area contributed by atoms with Gasteiger partial charge in [0.2, 0.25) is 0 Å². The zero-order chi connectivity index (χ0) is 7.44. The number of rotatable bonds is 3. The first-order chi connectivity index (χ1) is 4.09. The maximum absolute atomic E-state index is 9.83. The highest BCUT2D eigenvalue weighted by Gasteiger charge is 2.21. The quantitative estimate of drug-likeness (QED) is 0.350. The van der Waals surface area contributed by atoms with E-state index < -0.39 is 18.2 Å². The molecule has 0 rings (SSSR count). The predicted molar refractivity (Wildman–Crippen MR) is 28.7 cm³/mol. The van der Waals surface area contributed by atoms with Gasteiger partial charge >= 0.3 is 5.97 Å². The van der Waals surface area contributed by atoms with E-state index in [0.29, 0.717) is 0 Å². The number of hydrogen-bond donors (Lipinski definition) is 4. The van der Waals surface area contributed by atoms with Crippen molar-refractivity contribution in [3.63, 3.8) is 0 Å². The Bertz CT molecular complexity index is 105. The molecule has 0 bridgehead atoms. The van der Waals surface area contributed by atoms with Gasteiger partial charge < -0.3 is 21.1 Å². The first kappa shape index (κ1) is 8.35. The average molecular weight is 135 g/mol. The number of hydrogen-bond acceptors (Lipinski definition) is 4. The second-order valence-corrected chi connectivity index (χ2v) is 1.59. The van der Waals surface area contributed by atoms with Gasteiger partial charge in [0.25, 0.3) is 0 Å². The Labute approximate surface area is 51.7 Å². The Morgan fingerprint density at radius 3 is 2.11 bits per heavy atom. The van der Waals surface area contributed by atoms with Gasteiger partial charge in [-0.05, 0) is 0 Å². The van der Waals surface area contributed by atoms with E-state index in [1.54, 1.807) is 0 Å². The van der Waals surface area contributed by atoms with Crippen LogP contribution < -0.4 is 5.73 Å². The van der Waals surface area contributed by atoms with Crippen molar-refractivity contribution in [2.24, 2.45) is 5.73 Å². The first-order valence-corrected chi connectivity index (χ1v) is 2.38. The lowest BCUT2D eigenvalue weighted by molar-refractivity contribution is -0.152. The van der Waals surface area contributed by atoms with Crippen molar-refractivity contribution in [2.45, 2.75) is 12.2 Å². The molecule has 0 aliphatic heterocycles. The molecule has 5 nitrogen and oxygen atoms in total. The normalized spacial score (nSPS) is 16.8. The zero-order valence-electron chi connectivity index (χ0n) is 4.69. The number of aliphatic hydroxyl groups is 2. The van der Waals surface area contributed by atoms with E-state index in [1.807, 2.05) is 0 Å². The largest absolute Gasteiger partial charge is 0.479 e. The average Bonchev–Trinajstić information content (AvgIpc) is 1.84. The number of carboxylic acid groups (broad SMARTS) is 1. The molecule has 2 atom stereocenters. The van der Waals surface area contributed by atoms with Crippen molar-refractivity contribution >= 4 is 5.97 Å². The van der Waals surface area contributed by atoms with E-state index in [1.165, 1.54) is 0 Å². The van der Waals surface area contributed by atoms with Crippen LogP contribution in [-0.4, -0.2) is 40.0 Å². The maximum atomic E-state index is 9.83. The third kappa shape index (κ3) is 2.41. The molecule has 0 aromatic rings. The van der Waals surface area contributed by atoms with Crippen LogP contribution in [0.5, 0.6) is 0 Å². The second kappa shape index (κ2) is 3.39. The van der Waals surface area contributed by atoms with Crippen LogP contribution in [0.1, 0.15) is 0 Å². The molecule has 0 fully saturated rings. The lowest BCUT2D eigenvalue weighted by Crippen LogP contribution is -2.38. The lowest BCUT2D eigenvalue weighted by Gasteiger charge is -2.09. The van der Waals surface area contributed by atoms with E-state index in [0.717, 1.165) is 0 Å². The van der Waals surface area contributed by atoms with Crippen LogP contribution in [0.4, 0.5) is 0 Å². The summed E-state index contributed by atoms with van der Waals surface area (Å²) in [5, 5.41) is 25.0. The zero-order valence-corrected chi connectivity index (χ0v) is 4.69. The van der Waals surface area contributed by atoms with E-state index in [4.69, 9.17) is 21.1 Å². The third-order valence-corrected chi connectivity index (χ3v) is 0.859. The summed E-state index contributed by atoms with van der Waals surface area (Å²) in [5.74, 6) is -1.46. The molecule has 0 aromatic heterocycles. The molecule has 0 aliphatic rings. The molecule has 0 amide bonds. The molecule has 9 heavy (non-hydrogen) atoms. The fourth-order valence-electron chi connectivity index (χ4n) is 0.293. The van der Waals surface area contributed by atoms with Crippen molar-refractivity contribution in [1.82, 2.24) is 0 Å². The monoisotopic (exact) mass is 135 g/mol. The Hall–Kier alpha value is -0.650. The standard InChI is InChI=1S/C4H9NO4/c5-1-2(6)3(7)4(8)9/h2-3,6-7H,1,5H2,(H,8,9)/t2-,3+/m0/s1. The summed E-state index contributed by atoms with van der Waals surface area (Å²) in [6.45, 7) is -0.256. The van der Waals surface area contributed by atoms with Crippen molar-refractivity contribution in [1.29, 1.82) is 0 Å². The summed E-state index contributed by atoms with van der Waals surface area (Å²) in [5.41, 5.74) is 4.84. The Morgan fingerprint density at radius 2 is 2.00 bits per heavy atom. The summed E-state index contributed by atoms with van der Waals surface area (Å²) in [7, 11) is 0. The maximum Gasteiger partial charge on any atom is 0.335 e. The molecule has 0 spiro atoms. The van der Waals surface area contributed by atoms with Gasteiger partial charge in [0.15, 0.2) is 6.10 Å². The summed E-state index contributed by atoms with van der Waals surface area (Å²) in [4.78, 5) is 9.83. The molecule has 0 heterocycles. The van der Waals surface area contributed by atoms with Gasteiger partial charge in [-0.25, -0.2) is 4.79 Å². The van der Waals surface area contributed by atoms with Gasteiger partial charge in [-0.3, -0.25) is 0 Å². The molecule has 0 aromatic carbocycles. The van der Waals surface area contributed by atoms with E-state index >= 15 is 0 Å². The fourth-order valence-corrected chi connectivity index (χ4v) is 0.293. The summed E-state index contributed by atoms with van der Waals surface area (Å²) in [6.07, 6.45) is -3.14. The number of aliphatic hydroxyl groups excluding tert-OH is 2. The molecule has 0 aliphatic carbocycles. The minimum absolute atomic E-state index is 0.256. The van der Waals surface area contributed by atoms with Gasteiger partial charge in [0.05, 0.1) is 0 Å². The van der Waals surface area contributed by atoms with Gasteiger partial charge in [0, 0.05) is 6.54 Å². The van der Waals surface area contributed by atoms with Crippen molar-refractivity contribution in [3.8, 4) is 0 Å². The van der Waals surface area contributed by atoms with Crippen LogP contribution in [0.3, 0.4) is 0 Å². The van der Waals surface area contributed by atoms with Crippen LogP contribution >= 0.6 is 0 Å². The van der Waals surface area contributed by atoms with E-state index in [9.17, 15) is 4.79 Å². The van der Waals surface area contributed by atoms with Gasteiger partial charge in [-0.15, -0.1) is 0 Å². The van der Waals surface area contributed by atoms with Crippen molar-refractivity contribution < 1.29 is 20.1 Å². The lowest BCUT2D eigenvalue weighted by atomic mass is 10.2. The van der Waals surface area contributed by atoms with E-state index in [2.05, 4.69) is 0 Å². The van der Waals surface area contributed by atoms with Gasteiger partial charge in [-0.2, -0.15) is 0 Å². The van der Waals surface area contributed by atoms with Crippen LogP contribution in [0, 0.1) is 0 Å². The van der Waals surface area contributed by atoms with Crippen LogP contribution in [-0.2, 0) is 4.79 Å². The molecule has 0 saturated carbocycles. The third-order valence-electron chi connectivity index (χ3n) is 0.859. The number of aliphatic carboxylic acids is 1. The van der Waals surface area contributed by atoms with Gasteiger partial charge in [-0.1, -0.05) is 0 Å². The highest BCUT2D eigenvalue weighted by molar-refractivity contribution is 5.72. The van der Waals surface area contributed by atoms with Gasteiger partial charge in [0.1, 0.15) is 6.10 Å². The summed E-state index contributed by atoms with van der Waals surface area (Å²) in [6, 6.07) is 0. The van der Waals surface area contributed by atoms with Crippen molar-refractivity contribution in [2.75, 3.05) is 6.54 Å². The van der Waals surface area contributed by atoms with Crippen LogP contribution in [0.15, 0.2) is 0 Å². The number of carboxylic acids is 1. The Balaban J connectivity index is 3.72. The molecule has 0 radical (unpaired) electrons. The molecule has 5 N–H and O–H groups in total. The highest BCUT2D eigenvalue weighted by atomic mass is 16.4. The topological polar surface area (TPSA) is 104 Å². The molecular formula is C4H9NO4. The van der Waals surface area contributed by atoms with Crippen LogP contribution in [0.25, 0.3) is 0 Å². The predicted octanol–water partition coefficient (Wildman–Crippen LogP) is -2.25. The summed E-state index contributed by atoms with van der Waals surface area (Å²) >= 11 is 0. The highest BCUT2D eigenvalue weighted by Crippen LogP contribution is 1.89. The molecular weight excluding hydrogens is 126 g/mol. The number of carbonyl (C=O) groups is 1. The Kier molecular flexibility index (Phi) is 3.15.